The molecule has 0 fully saturated rings. The molecule has 0 saturated heterocycles. The molecule has 0 amide bonds. The van der Waals surface area contributed by atoms with Gasteiger partial charge in [0.05, 0.1) is 0 Å². The van der Waals surface area contributed by atoms with Crippen molar-refractivity contribution in [2.75, 3.05) is 19.6 Å². The van der Waals surface area contributed by atoms with Crippen molar-refractivity contribution >= 4 is 0 Å². The fourth-order valence-corrected chi connectivity index (χ4v) is 3.74. The van der Waals surface area contributed by atoms with Crippen molar-refractivity contribution in [3.05, 3.63) is 11.6 Å². The number of likely N-dealkylation sites (N-methyl/N-ethyl adjacent to an activating group) is 2. The summed E-state index contributed by atoms with van der Waals surface area (Å²) in [5.41, 5.74) is 1.84. The first-order valence-corrected chi connectivity index (χ1v) is 8.75. The minimum absolute atomic E-state index is 0.185. The van der Waals surface area contributed by atoms with Crippen LogP contribution in [0.3, 0.4) is 0 Å². The molecule has 0 aromatic carbocycles. The monoisotopic (exact) mass is 280 g/mol. The second-order valence-electron chi connectivity index (χ2n) is 6.55. The number of hydrogen-bond donors (Lipinski definition) is 1. The molecular formula is C18H36N2. The summed E-state index contributed by atoms with van der Waals surface area (Å²) in [7, 11) is 0. The van der Waals surface area contributed by atoms with E-state index in [9.17, 15) is 0 Å². The molecule has 0 saturated carbocycles. The van der Waals surface area contributed by atoms with E-state index in [1.165, 1.54) is 38.5 Å². The van der Waals surface area contributed by atoms with E-state index >= 15 is 0 Å². The summed E-state index contributed by atoms with van der Waals surface area (Å²) in [6.07, 6.45) is 10.6. The van der Waals surface area contributed by atoms with Gasteiger partial charge in [-0.25, -0.2) is 0 Å². The SMILES string of the molecule is CCNC(C1=CCCCCCC1)C(C)(C)N(CC)CC. The molecule has 1 N–H and O–H groups in total. The molecule has 0 radical (unpaired) electrons. The lowest BCUT2D eigenvalue weighted by molar-refractivity contribution is 0.103. The molecule has 20 heavy (non-hydrogen) atoms. The zero-order chi connectivity index (χ0) is 15.0. The van der Waals surface area contributed by atoms with E-state index in [1.54, 1.807) is 5.57 Å². The quantitative estimate of drug-likeness (QED) is 0.697. The van der Waals surface area contributed by atoms with Gasteiger partial charge in [-0.15, -0.1) is 0 Å². The molecule has 1 atom stereocenters. The van der Waals surface area contributed by atoms with Crippen LogP contribution in [0.2, 0.25) is 0 Å². The molecule has 1 unspecified atom stereocenters. The van der Waals surface area contributed by atoms with E-state index in [4.69, 9.17) is 0 Å². The van der Waals surface area contributed by atoms with E-state index in [0.717, 1.165) is 19.6 Å². The minimum atomic E-state index is 0.185. The Morgan fingerprint density at radius 2 is 1.75 bits per heavy atom. The third kappa shape index (κ3) is 4.60. The predicted molar refractivity (Wildman–Crippen MR) is 90.2 cm³/mol. The van der Waals surface area contributed by atoms with Gasteiger partial charge < -0.3 is 5.32 Å². The Hall–Kier alpha value is -0.340. The second kappa shape index (κ2) is 8.84. The molecule has 0 spiro atoms. The third-order valence-corrected chi connectivity index (χ3v) is 4.89. The number of allylic oxidation sites excluding steroid dienone is 1. The highest BCUT2D eigenvalue weighted by molar-refractivity contribution is 5.18. The molecule has 0 aromatic heterocycles. The summed E-state index contributed by atoms with van der Waals surface area (Å²) in [5, 5.41) is 3.78. The summed E-state index contributed by atoms with van der Waals surface area (Å²) in [5.74, 6) is 0. The van der Waals surface area contributed by atoms with E-state index in [1.807, 2.05) is 0 Å². The third-order valence-electron chi connectivity index (χ3n) is 4.89. The molecule has 118 valence electrons. The minimum Gasteiger partial charge on any atom is -0.309 e. The molecule has 2 nitrogen and oxygen atoms in total. The Morgan fingerprint density at radius 1 is 1.10 bits per heavy atom. The molecule has 1 aliphatic carbocycles. The lowest BCUT2D eigenvalue weighted by atomic mass is 9.82. The van der Waals surface area contributed by atoms with Crippen LogP contribution in [0.25, 0.3) is 0 Å². The van der Waals surface area contributed by atoms with Crippen molar-refractivity contribution in [2.45, 2.75) is 84.7 Å². The molecular weight excluding hydrogens is 244 g/mol. The van der Waals surface area contributed by atoms with Gasteiger partial charge in [0.15, 0.2) is 0 Å². The van der Waals surface area contributed by atoms with Crippen LogP contribution >= 0.6 is 0 Å². The van der Waals surface area contributed by atoms with Crippen LogP contribution in [0.1, 0.15) is 73.1 Å². The standard InChI is InChI=1S/C18H36N2/c1-6-19-17(18(4,5)20(7-2)8-3)16-14-12-10-9-11-13-15-16/h14,17,19H,6-13,15H2,1-5H3. The van der Waals surface area contributed by atoms with Crippen LogP contribution in [0.15, 0.2) is 11.6 Å². The van der Waals surface area contributed by atoms with Gasteiger partial charge >= 0.3 is 0 Å². The zero-order valence-electron chi connectivity index (χ0n) is 14.5. The molecule has 1 rings (SSSR count). The van der Waals surface area contributed by atoms with Gasteiger partial charge in [-0.3, -0.25) is 4.90 Å². The highest BCUT2D eigenvalue weighted by Gasteiger charge is 2.35. The van der Waals surface area contributed by atoms with Crippen LogP contribution in [0.4, 0.5) is 0 Å². The summed E-state index contributed by atoms with van der Waals surface area (Å²) in [6, 6.07) is 0.491. The fourth-order valence-electron chi connectivity index (χ4n) is 3.74. The smallest absolute Gasteiger partial charge is 0.0461 e. The van der Waals surface area contributed by atoms with Crippen LogP contribution in [0.5, 0.6) is 0 Å². The number of rotatable bonds is 7. The lowest BCUT2D eigenvalue weighted by Crippen LogP contribution is -2.58. The molecule has 0 aromatic rings. The number of nitrogens with one attached hydrogen (secondary N) is 1. The summed E-state index contributed by atoms with van der Waals surface area (Å²) >= 11 is 0. The Morgan fingerprint density at radius 3 is 2.35 bits per heavy atom. The average molecular weight is 280 g/mol. The highest BCUT2D eigenvalue weighted by Crippen LogP contribution is 2.29. The van der Waals surface area contributed by atoms with Crippen molar-refractivity contribution in [1.82, 2.24) is 10.2 Å². The van der Waals surface area contributed by atoms with Gasteiger partial charge in [0.1, 0.15) is 0 Å². The van der Waals surface area contributed by atoms with Crippen molar-refractivity contribution in [3.8, 4) is 0 Å². The van der Waals surface area contributed by atoms with E-state index < -0.39 is 0 Å². The Bertz CT molecular complexity index is 290. The Kier molecular flexibility index (Phi) is 7.83. The lowest BCUT2D eigenvalue weighted by Gasteiger charge is -2.45. The van der Waals surface area contributed by atoms with Gasteiger partial charge in [0, 0.05) is 11.6 Å². The number of nitrogens with zero attached hydrogens (tertiary/aromatic N) is 1. The van der Waals surface area contributed by atoms with Gasteiger partial charge in [0.25, 0.3) is 0 Å². The maximum atomic E-state index is 3.78. The summed E-state index contributed by atoms with van der Waals surface area (Å²) in [6.45, 7) is 14.9. The molecule has 0 aliphatic heterocycles. The molecule has 0 bridgehead atoms. The summed E-state index contributed by atoms with van der Waals surface area (Å²) in [4.78, 5) is 2.60. The zero-order valence-corrected chi connectivity index (χ0v) is 14.5. The predicted octanol–water partition coefficient (Wildman–Crippen LogP) is 4.37. The van der Waals surface area contributed by atoms with E-state index in [2.05, 4.69) is 50.9 Å². The van der Waals surface area contributed by atoms with E-state index in [-0.39, 0.29) is 5.54 Å². The fraction of sp³-hybridized carbons (Fsp3) is 0.889. The highest BCUT2D eigenvalue weighted by atomic mass is 15.2. The normalized spacial score (nSPS) is 19.4. The maximum Gasteiger partial charge on any atom is 0.0461 e. The topological polar surface area (TPSA) is 15.3 Å². The number of hydrogen-bond acceptors (Lipinski definition) is 2. The van der Waals surface area contributed by atoms with Crippen LogP contribution < -0.4 is 5.32 Å². The summed E-state index contributed by atoms with van der Waals surface area (Å²) < 4.78 is 0. The van der Waals surface area contributed by atoms with Gasteiger partial charge in [-0.1, -0.05) is 45.3 Å². The largest absolute Gasteiger partial charge is 0.309 e. The first kappa shape index (κ1) is 17.7. The Balaban J connectivity index is 2.95. The van der Waals surface area contributed by atoms with Gasteiger partial charge in [-0.05, 0) is 59.2 Å². The van der Waals surface area contributed by atoms with Crippen molar-refractivity contribution in [2.24, 2.45) is 0 Å². The van der Waals surface area contributed by atoms with E-state index in [0.29, 0.717) is 6.04 Å². The van der Waals surface area contributed by atoms with Crippen molar-refractivity contribution in [1.29, 1.82) is 0 Å². The molecule has 1 aliphatic rings. The first-order valence-electron chi connectivity index (χ1n) is 8.75. The van der Waals surface area contributed by atoms with Crippen LogP contribution in [-0.4, -0.2) is 36.1 Å². The maximum absolute atomic E-state index is 3.78. The first-order chi connectivity index (χ1) is 9.57. The van der Waals surface area contributed by atoms with Crippen LogP contribution in [0, 0.1) is 0 Å². The van der Waals surface area contributed by atoms with Gasteiger partial charge in [-0.2, -0.15) is 0 Å². The van der Waals surface area contributed by atoms with Crippen LogP contribution in [-0.2, 0) is 0 Å². The average Bonchev–Trinajstić information content (AvgIpc) is 2.37. The molecule has 0 heterocycles. The van der Waals surface area contributed by atoms with Crippen molar-refractivity contribution in [3.63, 3.8) is 0 Å². The van der Waals surface area contributed by atoms with Gasteiger partial charge in [0.2, 0.25) is 0 Å². The Labute approximate surface area is 127 Å². The second-order valence-corrected chi connectivity index (χ2v) is 6.55. The van der Waals surface area contributed by atoms with Crippen molar-refractivity contribution < 1.29 is 0 Å². The molecule has 2 heteroatoms.